The first-order valence-corrected chi connectivity index (χ1v) is 8.10. The van der Waals surface area contributed by atoms with E-state index in [1.807, 2.05) is 24.3 Å². The van der Waals surface area contributed by atoms with Crippen LogP contribution in [0, 0.1) is 5.92 Å². The molecule has 0 unspecified atom stereocenters. The lowest BCUT2D eigenvalue weighted by atomic mass is 9.86. The summed E-state index contributed by atoms with van der Waals surface area (Å²) in [5.74, 6) is 2.06. The lowest BCUT2D eigenvalue weighted by Gasteiger charge is -2.29. The Morgan fingerprint density at radius 1 is 1.18 bits per heavy atom. The Balaban J connectivity index is 1.59. The summed E-state index contributed by atoms with van der Waals surface area (Å²) < 4.78 is 11.0. The molecule has 0 bridgehead atoms. The van der Waals surface area contributed by atoms with E-state index < -0.39 is 0 Å². The minimum Gasteiger partial charge on any atom is -0.486 e. The van der Waals surface area contributed by atoms with Gasteiger partial charge >= 0.3 is 0 Å². The number of benzene rings is 1. The Hall–Kier alpha value is -1.97. The lowest BCUT2D eigenvalue weighted by molar-refractivity contribution is -0.117. The van der Waals surface area contributed by atoms with Crippen LogP contribution in [0.25, 0.3) is 6.08 Å². The highest BCUT2D eigenvalue weighted by Crippen LogP contribution is 2.31. The number of nitrogens with one attached hydrogen (secondary N) is 1. The number of hydrogen-bond acceptors (Lipinski definition) is 3. The molecule has 0 aromatic heterocycles. The fraction of sp³-hybridized carbons (Fsp3) is 0.500. The van der Waals surface area contributed by atoms with Crippen molar-refractivity contribution in [2.75, 3.05) is 13.2 Å². The van der Waals surface area contributed by atoms with Crippen molar-refractivity contribution in [3.8, 4) is 11.5 Å². The number of fused-ring (bicyclic) bond motifs is 1. The third-order valence-electron chi connectivity index (χ3n) is 4.43. The maximum atomic E-state index is 12.1. The van der Waals surface area contributed by atoms with Crippen molar-refractivity contribution in [2.24, 2.45) is 5.92 Å². The number of carbonyl (C=O) groups excluding carboxylic acids is 1. The molecule has 4 nitrogen and oxygen atoms in total. The molecule has 1 fully saturated rings. The standard InChI is InChI=1S/C18H23NO3/c1-13-4-2-3-5-15(13)19-18(20)9-7-14-6-8-16-17(12-14)22-11-10-21-16/h6-9,12-13,15H,2-5,10-11H2,1H3,(H,19,20)/b9-7+/t13-,15+/m0/s1. The third-order valence-corrected chi connectivity index (χ3v) is 4.43. The maximum absolute atomic E-state index is 12.1. The molecule has 2 aliphatic rings. The van der Waals surface area contributed by atoms with E-state index in [0.717, 1.165) is 23.5 Å². The highest BCUT2D eigenvalue weighted by molar-refractivity contribution is 5.92. The second-order valence-electron chi connectivity index (χ2n) is 6.11. The zero-order chi connectivity index (χ0) is 15.4. The van der Waals surface area contributed by atoms with Crippen LogP contribution in [0.5, 0.6) is 11.5 Å². The summed E-state index contributed by atoms with van der Waals surface area (Å²) in [5.41, 5.74) is 0.941. The van der Waals surface area contributed by atoms with E-state index in [1.54, 1.807) is 6.08 Å². The van der Waals surface area contributed by atoms with Gasteiger partial charge in [0.2, 0.25) is 5.91 Å². The van der Waals surface area contributed by atoms with Gasteiger partial charge in [-0.15, -0.1) is 0 Å². The van der Waals surface area contributed by atoms with E-state index >= 15 is 0 Å². The Morgan fingerprint density at radius 2 is 1.95 bits per heavy atom. The Morgan fingerprint density at radius 3 is 2.77 bits per heavy atom. The van der Waals surface area contributed by atoms with Crippen LogP contribution in [0.4, 0.5) is 0 Å². The summed E-state index contributed by atoms with van der Waals surface area (Å²) in [6, 6.07) is 6.03. The fourth-order valence-corrected chi connectivity index (χ4v) is 3.10. The second kappa shape index (κ2) is 6.86. The van der Waals surface area contributed by atoms with Gasteiger partial charge in [-0.05, 0) is 42.5 Å². The normalized spacial score (nSPS) is 24.2. The van der Waals surface area contributed by atoms with Gasteiger partial charge in [-0.1, -0.05) is 25.8 Å². The molecule has 0 saturated heterocycles. The zero-order valence-corrected chi connectivity index (χ0v) is 13.0. The van der Waals surface area contributed by atoms with Crippen molar-refractivity contribution in [3.63, 3.8) is 0 Å². The first kappa shape index (κ1) is 14.9. The summed E-state index contributed by atoms with van der Waals surface area (Å²) in [6.07, 6.45) is 8.21. The summed E-state index contributed by atoms with van der Waals surface area (Å²) in [7, 11) is 0. The van der Waals surface area contributed by atoms with Crippen LogP contribution in [0.3, 0.4) is 0 Å². The quantitative estimate of drug-likeness (QED) is 0.872. The molecule has 0 spiro atoms. The van der Waals surface area contributed by atoms with Crippen molar-refractivity contribution in [2.45, 2.75) is 38.6 Å². The molecule has 1 aromatic carbocycles. The van der Waals surface area contributed by atoms with E-state index in [0.29, 0.717) is 25.2 Å². The number of hydrogen-bond donors (Lipinski definition) is 1. The number of rotatable bonds is 3. The van der Waals surface area contributed by atoms with Crippen LogP contribution in [0.2, 0.25) is 0 Å². The topological polar surface area (TPSA) is 47.6 Å². The molecule has 1 N–H and O–H groups in total. The van der Waals surface area contributed by atoms with Crippen molar-refractivity contribution < 1.29 is 14.3 Å². The minimum absolute atomic E-state index is 0.0198. The Bertz CT molecular complexity index is 567. The van der Waals surface area contributed by atoms with Gasteiger partial charge in [0.15, 0.2) is 11.5 Å². The van der Waals surface area contributed by atoms with Gasteiger partial charge in [0.1, 0.15) is 13.2 Å². The van der Waals surface area contributed by atoms with Gasteiger partial charge in [-0.25, -0.2) is 0 Å². The molecule has 1 aliphatic carbocycles. The molecule has 1 aliphatic heterocycles. The molecule has 118 valence electrons. The van der Waals surface area contributed by atoms with Crippen molar-refractivity contribution in [3.05, 3.63) is 29.8 Å². The van der Waals surface area contributed by atoms with E-state index in [1.165, 1.54) is 19.3 Å². The molecule has 1 heterocycles. The summed E-state index contributed by atoms with van der Waals surface area (Å²) in [6.45, 7) is 3.37. The van der Waals surface area contributed by atoms with E-state index in [2.05, 4.69) is 12.2 Å². The van der Waals surface area contributed by atoms with Crippen LogP contribution < -0.4 is 14.8 Å². The minimum atomic E-state index is -0.0198. The second-order valence-corrected chi connectivity index (χ2v) is 6.11. The zero-order valence-electron chi connectivity index (χ0n) is 13.0. The maximum Gasteiger partial charge on any atom is 0.244 e. The third kappa shape index (κ3) is 3.62. The van der Waals surface area contributed by atoms with Crippen molar-refractivity contribution in [1.29, 1.82) is 0 Å². The Kier molecular flexibility index (Phi) is 4.66. The highest BCUT2D eigenvalue weighted by Gasteiger charge is 2.21. The van der Waals surface area contributed by atoms with E-state index in [9.17, 15) is 4.79 Å². The SMILES string of the molecule is C[C@H]1CCCC[C@H]1NC(=O)/C=C/c1ccc2c(c1)OCCO2. The molecule has 3 rings (SSSR count). The van der Waals surface area contributed by atoms with Gasteiger partial charge in [0, 0.05) is 12.1 Å². The summed E-state index contributed by atoms with van der Waals surface area (Å²) >= 11 is 0. The smallest absolute Gasteiger partial charge is 0.244 e. The van der Waals surface area contributed by atoms with Crippen LogP contribution in [-0.2, 0) is 4.79 Å². The van der Waals surface area contributed by atoms with Crippen LogP contribution in [0.1, 0.15) is 38.2 Å². The molecular weight excluding hydrogens is 278 g/mol. The average Bonchev–Trinajstić information content (AvgIpc) is 2.55. The molecule has 0 radical (unpaired) electrons. The molecule has 1 amide bonds. The molecule has 1 saturated carbocycles. The number of carbonyl (C=O) groups is 1. The van der Waals surface area contributed by atoms with Gasteiger partial charge in [-0.3, -0.25) is 4.79 Å². The van der Waals surface area contributed by atoms with Gasteiger partial charge < -0.3 is 14.8 Å². The predicted octanol–water partition coefficient (Wildman–Crippen LogP) is 3.17. The van der Waals surface area contributed by atoms with Crippen molar-refractivity contribution in [1.82, 2.24) is 5.32 Å². The van der Waals surface area contributed by atoms with Crippen LogP contribution in [-0.4, -0.2) is 25.2 Å². The fourth-order valence-electron chi connectivity index (χ4n) is 3.10. The summed E-state index contributed by atoms with van der Waals surface area (Å²) in [4.78, 5) is 12.1. The molecule has 1 aromatic rings. The highest BCUT2D eigenvalue weighted by atomic mass is 16.6. The van der Waals surface area contributed by atoms with E-state index in [4.69, 9.17) is 9.47 Å². The number of amides is 1. The molecular formula is C18H23NO3. The van der Waals surface area contributed by atoms with Gasteiger partial charge in [0.05, 0.1) is 0 Å². The van der Waals surface area contributed by atoms with Gasteiger partial charge in [0.25, 0.3) is 0 Å². The Labute approximate surface area is 131 Å². The van der Waals surface area contributed by atoms with Gasteiger partial charge in [-0.2, -0.15) is 0 Å². The monoisotopic (exact) mass is 301 g/mol. The summed E-state index contributed by atoms with van der Waals surface area (Å²) in [5, 5.41) is 3.12. The first-order chi connectivity index (χ1) is 10.7. The predicted molar refractivity (Wildman–Crippen MR) is 86.0 cm³/mol. The molecule has 22 heavy (non-hydrogen) atoms. The lowest BCUT2D eigenvalue weighted by Crippen LogP contribution is -2.40. The molecule has 2 atom stereocenters. The number of ether oxygens (including phenoxy) is 2. The van der Waals surface area contributed by atoms with Crippen LogP contribution >= 0.6 is 0 Å². The molecule has 4 heteroatoms. The van der Waals surface area contributed by atoms with E-state index in [-0.39, 0.29) is 5.91 Å². The van der Waals surface area contributed by atoms with Crippen LogP contribution in [0.15, 0.2) is 24.3 Å². The first-order valence-electron chi connectivity index (χ1n) is 8.10. The average molecular weight is 301 g/mol. The van der Waals surface area contributed by atoms with Crippen molar-refractivity contribution >= 4 is 12.0 Å². The largest absolute Gasteiger partial charge is 0.486 e.